The van der Waals surface area contributed by atoms with Gasteiger partial charge in [0.1, 0.15) is 0 Å². The fourth-order valence-electron chi connectivity index (χ4n) is 3.00. The number of benzene rings is 1. The van der Waals surface area contributed by atoms with Gasteiger partial charge in [0.25, 0.3) is 0 Å². The number of piperazine rings is 1. The highest BCUT2D eigenvalue weighted by atomic mass is 32.2. The van der Waals surface area contributed by atoms with Crippen LogP contribution in [0.1, 0.15) is 5.56 Å². The molecule has 1 amide bonds. The maximum Gasteiger partial charge on any atom is 0.243 e. The van der Waals surface area contributed by atoms with Crippen LogP contribution >= 0.6 is 11.3 Å². The quantitative estimate of drug-likeness (QED) is 0.750. The van der Waals surface area contributed by atoms with Gasteiger partial charge in [0.05, 0.1) is 11.4 Å². The lowest BCUT2D eigenvalue weighted by Gasteiger charge is -2.34. The van der Waals surface area contributed by atoms with Crippen molar-refractivity contribution in [1.29, 1.82) is 0 Å². The first-order valence-electron chi connectivity index (χ1n) is 8.49. The SMILES string of the molecule is CN(CC(=O)N1CCN(S(=O)(=O)c2ccccc2)CC1)Cc1ccsc1. The van der Waals surface area contributed by atoms with Gasteiger partial charge in [0.2, 0.25) is 15.9 Å². The Morgan fingerprint density at radius 2 is 1.81 bits per heavy atom. The minimum atomic E-state index is -3.48. The molecule has 26 heavy (non-hydrogen) atoms. The van der Waals surface area contributed by atoms with E-state index in [0.29, 0.717) is 37.6 Å². The highest BCUT2D eigenvalue weighted by Crippen LogP contribution is 2.17. The van der Waals surface area contributed by atoms with Crippen LogP contribution in [0.3, 0.4) is 0 Å². The number of rotatable bonds is 6. The number of hydrogen-bond acceptors (Lipinski definition) is 5. The van der Waals surface area contributed by atoms with Crippen molar-refractivity contribution in [3.8, 4) is 0 Å². The van der Waals surface area contributed by atoms with Gasteiger partial charge < -0.3 is 4.90 Å². The predicted molar refractivity (Wildman–Crippen MR) is 102 cm³/mol. The van der Waals surface area contributed by atoms with E-state index in [4.69, 9.17) is 0 Å². The number of carbonyl (C=O) groups is 1. The molecule has 0 aliphatic carbocycles. The summed E-state index contributed by atoms with van der Waals surface area (Å²) in [6.07, 6.45) is 0. The third kappa shape index (κ3) is 4.50. The van der Waals surface area contributed by atoms with E-state index in [-0.39, 0.29) is 5.91 Å². The molecule has 2 aromatic rings. The van der Waals surface area contributed by atoms with Crippen LogP contribution in [-0.4, -0.2) is 68.2 Å². The van der Waals surface area contributed by atoms with E-state index in [0.717, 1.165) is 6.54 Å². The minimum absolute atomic E-state index is 0.0412. The Balaban J connectivity index is 1.52. The van der Waals surface area contributed by atoms with Gasteiger partial charge >= 0.3 is 0 Å². The first-order valence-corrected chi connectivity index (χ1v) is 10.9. The number of nitrogens with zero attached hydrogens (tertiary/aromatic N) is 3. The largest absolute Gasteiger partial charge is 0.339 e. The topological polar surface area (TPSA) is 60.9 Å². The highest BCUT2D eigenvalue weighted by molar-refractivity contribution is 7.89. The molecular formula is C18H23N3O3S2. The van der Waals surface area contributed by atoms with Crippen molar-refractivity contribution in [3.63, 3.8) is 0 Å². The van der Waals surface area contributed by atoms with Gasteiger partial charge in [-0.3, -0.25) is 9.69 Å². The van der Waals surface area contributed by atoms with Crippen molar-refractivity contribution < 1.29 is 13.2 Å². The lowest BCUT2D eigenvalue weighted by Crippen LogP contribution is -2.52. The summed E-state index contributed by atoms with van der Waals surface area (Å²) in [6.45, 7) is 2.58. The average Bonchev–Trinajstić information content (AvgIpc) is 3.15. The van der Waals surface area contributed by atoms with Gasteiger partial charge in [0.15, 0.2) is 0 Å². The Labute approximate surface area is 158 Å². The van der Waals surface area contributed by atoms with Crippen LogP contribution in [0.4, 0.5) is 0 Å². The number of likely N-dealkylation sites (N-methyl/N-ethyl adjacent to an activating group) is 1. The molecule has 6 nitrogen and oxygen atoms in total. The fraction of sp³-hybridized carbons (Fsp3) is 0.389. The lowest BCUT2D eigenvalue weighted by atomic mass is 10.3. The predicted octanol–water partition coefficient (Wildman–Crippen LogP) is 1.71. The van der Waals surface area contributed by atoms with E-state index in [9.17, 15) is 13.2 Å². The van der Waals surface area contributed by atoms with Crippen molar-refractivity contribution in [2.24, 2.45) is 0 Å². The lowest BCUT2D eigenvalue weighted by molar-refractivity contribution is -0.133. The molecule has 0 atom stereocenters. The van der Waals surface area contributed by atoms with Crippen LogP contribution in [0.25, 0.3) is 0 Å². The Bertz CT molecular complexity index is 815. The minimum Gasteiger partial charge on any atom is -0.339 e. The van der Waals surface area contributed by atoms with Crippen LogP contribution < -0.4 is 0 Å². The molecule has 0 saturated carbocycles. The summed E-state index contributed by atoms with van der Waals surface area (Å²) >= 11 is 1.64. The summed E-state index contributed by atoms with van der Waals surface area (Å²) < 4.78 is 26.7. The monoisotopic (exact) mass is 393 g/mol. The van der Waals surface area contributed by atoms with Gasteiger partial charge in [-0.2, -0.15) is 15.6 Å². The number of sulfonamides is 1. The summed E-state index contributed by atoms with van der Waals surface area (Å²) in [7, 11) is -1.56. The standard InChI is InChI=1S/C18H23N3O3S2/c1-19(13-16-7-12-25-15-16)14-18(22)20-8-10-21(11-9-20)26(23,24)17-5-3-2-4-6-17/h2-7,12,15H,8-11,13-14H2,1H3. The van der Waals surface area contributed by atoms with E-state index in [1.54, 1.807) is 46.6 Å². The van der Waals surface area contributed by atoms with Crippen molar-refractivity contribution in [2.45, 2.75) is 11.4 Å². The van der Waals surface area contributed by atoms with E-state index in [1.165, 1.54) is 9.87 Å². The second-order valence-electron chi connectivity index (χ2n) is 6.40. The number of carbonyl (C=O) groups excluding carboxylic acids is 1. The smallest absolute Gasteiger partial charge is 0.243 e. The summed E-state index contributed by atoms with van der Waals surface area (Å²) in [5.74, 6) is 0.0412. The van der Waals surface area contributed by atoms with Crippen LogP contribution in [-0.2, 0) is 21.4 Å². The molecule has 1 fully saturated rings. The van der Waals surface area contributed by atoms with Crippen molar-refractivity contribution in [3.05, 3.63) is 52.7 Å². The molecule has 1 aliphatic heterocycles. The van der Waals surface area contributed by atoms with Crippen molar-refractivity contribution in [1.82, 2.24) is 14.1 Å². The molecule has 0 N–H and O–H groups in total. The summed E-state index contributed by atoms with van der Waals surface area (Å²) in [5, 5.41) is 4.10. The van der Waals surface area contributed by atoms with Crippen LogP contribution in [0.2, 0.25) is 0 Å². The molecule has 1 saturated heterocycles. The van der Waals surface area contributed by atoms with Crippen molar-refractivity contribution >= 4 is 27.3 Å². The molecular weight excluding hydrogens is 370 g/mol. The van der Waals surface area contributed by atoms with Gasteiger partial charge in [0, 0.05) is 32.7 Å². The molecule has 0 unspecified atom stereocenters. The van der Waals surface area contributed by atoms with E-state index < -0.39 is 10.0 Å². The molecule has 1 aromatic carbocycles. The number of amides is 1. The molecule has 1 aromatic heterocycles. The van der Waals surface area contributed by atoms with Gasteiger partial charge in [-0.1, -0.05) is 18.2 Å². The molecule has 8 heteroatoms. The molecule has 3 rings (SSSR count). The molecule has 1 aliphatic rings. The Hall–Kier alpha value is -1.74. The van der Waals surface area contributed by atoms with E-state index in [1.807, 2.05) is 17.3 Å². The number of hydrogen-bond donors (Lipinski definition) is 0. The zero-order valence-electron chi connectivity index (χ0n) is 14.7. The van der Waals surface area contributed by atoms with Gasteiger partial charge in [-0.25, -0.2) is 8.42 Å². The van der Waals surface area contributed by atoms with Gasteiger partial charge in [-0.05, 0) is 41.6 Å². The third-order valence-electron chi connectivity index (χ3n) is 4.41. The molecule has 0 radical (unpaired) electrons. The van der Waals surface area contributed by atoms with Crippen LogP contribution in [0.15, 0.2) is 52.1 Å². The normalized spacial score (nSPS) is 16.2. The number of thiophene rings is 1. The van der Waals surface area contributed by atoms with Crippen LogP contribution in [0, 0.1) is 0 Å². The Morgan fingerprint density at radius 1 is 1.12 bits per heavy atom. The third-order valence-corrected chi connectivity index (χ3v) is 7.06. The van der Waals surface area contributed by atoms with Crippen molar-refractivity contribution in [2.75, 3.05) is 39.8 Å². The highest BCUT2D eigenvalue weighted by Gasteiger charge is 2.30. The first kappa shape index (κ1) is 19.0. The zero-order chi connectivity index (χ0) is 18.6. The first-order chi connectivity index (χ1) is 12.5. The zero-order valence-corrected chi connectivity index (χ0v) is 16.4. The summed E-state index contributed by atoms with van der Waals surface area (Å²) in [4.78, 5) is 16.5. The van der Waals surface area contributed by atoms with Gasteiger partial charge in [-0.15, -0.1) is 0 Å². The van der Waals surface area contributed by atoms with Crippen LogP contribution in [0.5, 0.6) is 0 Å². The second kappa shape index (κ2) is 8.30. The van der Waals surface area contributed by atoms with E-state index >= 15 is 0 Å². The fourth-order valence-corrected chi connectivity index (χ4v) is 5.10. The maximum atomic E-state index is 12.6. The Kier molecular flexibility index (Phi) is 6.08. The second-order valence-corrected chi connectivity index (χ2v) is 9.12. The Morgan fingerprint density at radius 3 is 2.42 bits per heavy atom. The average molecular weight is 394 g/mol. The van der Waals surface area contributed by atoms with E-state index in [2.05, 4.69) is 11.4 Å². The molecule has 2 heterocycles. The summed E-state index contributed by atoms with van der Waals surface area (Å²) in [6, 6.07) is 10.5. The summed E-state index contributed by atoms with van der Waals surface area (Å²) in [5.41, 5.74) is 1.20. The molecule has 140 valence electrons. The maximum absolute atomic E-state index is 12.6. The molecule has 0 spiro atoms. The molecule has 0 bridgehead atoms.